The van der Waals surface area contributed by atoms with Crippen LogP contribution in [0.25, 0.3) is 71.8 Å². The van der Waals surface area contributed by atoms with Gasteiger partial charge in [-0.05, 0) is 117 Å². The number of furan rings is 1. The Balaban J connectivity index is 0.928. The molecule has 2 aromatic heterocycles. The van der Waals surface area contributed by atoms with Crippen LogP contribution in [-0.4, -0.2) is 4.57 Å². The van der Waals surface area contributed by atoms with E-state index in [2.05, 4.69) is 264 Å². The third kappa shape index (κ3) is 5.84. The van der Waals surface area contributed by atoms with Gasteiger partial charge in [0.05, 0.1) is 11.0 Å². The highest BCUT2D eigenvalue weighted by Gasteiger charge is 2.50. The van der Waals surface area contributed by atoms with Crippen molar-refractivity contribution >= 4 is 49.8 Å². The van der Waals surface area contributed by atoms with Crippen molar-refractivity contribution in [2.75, 3.05) is 4.90 Å². The number of para-hydroxylation sites is 3. The summed E-state index contributed by atoms with van der Waals surface area (Å²) in [7, 11) is 0. The molecule has 3 heteroatoms. The molecule has 1 aliphatic rings. The fourth-order valence-corrected chi connectivity index (χ4v) is 10.7. The summed E-state index contributed by atoms with van der Waals surface area (Å²) in [5.41, 5.74) is 17.6. The summed E-state index contributed by atoms with van der Waals surface area (Å²) in [6, 6.07) is 92.1. The van der Waals surface area contributed by atoms with Gasteiger partial charge in [0.2, 0.25) is 0 Å². The van der Waals surface area contributed by atoms with Crippen LogP contribution in [0, 0.1) is 0 Å². The molecule has 0 N–H and O–H groups in total. The Hall–Kier alpha value is -8.66. The molecule has 0 fully saturated rings. The number of benzene rings is 10. The van der Waals surface area contributed by atoms with Crippen LogP contribution < -0.4 is 4.90 Å². The maximum atomic E-state index is 7.02. The fourth-order valence-electron chi connectivity index (χ4n) is 10.7. The van der Waals surface area contributed by atoms with E-state index in [0.717, 1.165) is 50.6 Å². The number of hydrogen-bond acceptors (Lipinski definition) is 2. The highest BCUT2D eigenvalue weighted by atomic mass is 16.3. The molecule has 1 aliphatic carbocycles. The van der Waals surface area contributed by atoms with Gasteiger partial charge in [-0.2, -0.15) is 0 Å². The van der Waals surface area contributed by atoms with Gasteiger partial charge in [0.15, 0.2) is 0 Å². The van der Waals surface area contributed by atoms with Crippen LogP contribution >= 0.6 is 0 Å². The van der Waals surface area contributed by atoms with Crippen LogP contribution in [0.4, 0.5) is 17.1 Å². The van der Waals surface area contributed by atoms with Crippen LogP contribution in [0.1, 0.15) is 22.5 Å². The van der Waals surface area contributed by atoms with E-state index >= 15 is 0 Å². The lowest BCUT2D eigenvalue weighted by Gasteiger charge is -2.33. The van der Waals surface area contributed by atoms with E-state index < -0.39 is 5.41 Å². The molecule has 0 amide bonds. The van der Waals surface area contributed by atoms with Crippen molar-refractivity contribution in [1.29, 1.82) is 0 Å². The van der Waals surface area contributed by atoms with Gasteiger partial charge in [-0.25, -0.2) is 0 Å². The van der Waals surface area contributed by atoms with Gasteiger partial charge >= 0.3 is 0 Å². The fraction of sp³-hybridized carbons (Fsp3) is 0.0159. The van der Waals surface area contributed by atoms with Crippen LogP contribution in [0.2, 0.25) is 0 Å². The molecule has 0 saturated carbocycles. The zero-order valence-electron chi connectivity index (χ0n) is 36.1. The highest BCUT2D eigenvalue weighted by molar-refractivity contribution is 6.10. The monoisotopic (exact) mass is 842 g/mol. The van der Waals surface area contributed by atoms with Gasteiger partial charge in [-0.15, -0.1) is 0 Å². The van der Waals surface area contributed by atoms with E-state index in [1.54, 1.807) is 0 Å². The molecule has 310 valence electrons. The molecular weight excluding hydrogens is 801 g/mol. The quantitative estimate of drug-likeness (QED) is 0.152. The lowest BCUT2D eigenvalue weighted by molar-refractivity contribution is 0.502. The average molecular weight is 843 g/mol. The van der Waals surface area contributed by atoms with Crippen molar-refractivity contribution in [2.45, 2.75) is 5.41 Å². The smallest absolute Gasteiger partial charge is 0.135 e. The zero-order valence-corrected chi connectivity index (χ0v) is 36.1. The third-order valence-electron chi connectivity index (χ3n) is 13.7. The molecule has 10 aromatic carbocycles. The van der Waals surface area contributed by atoms with Gasteiger partial charge in [0.25, 0.3) is 0 Å². The van der Waals surface area contributed by atoms with E-state index in [0.29, 0.717) is 0 Å². The minimum absolute atomic E-state index is 0.679. The number of nitrogens with zero attached hydrogens (tertiary/aromatic N) is 2. The maximum Gasteiger partial charge on any atom is 0.135 e. The number of rotatable bonds is 8. The summed E-state index contributed by atoms with van der Waals surface area (Å²) in [5.74, 6) is 0.963. The Kier molecular flexibility index (Phi) is 8.75. The Bertz CT molecular complexity index is 3680. The third-order valence-corrected chi connectivity index (χ3v) is 13.7. The van der Waals surface area contributed by atoms with E-state index in [1.165, 1.54) is 60.8 Å². The summed E-state index contributed by atoms with van der Waals surface area (Å²) in [6.45, 7) is 0. The summed E-state index contributed by atoms with van der Waals surface area (Å²) in [6.07, 6.45) is 0. The molecule has 0 bridgehead atoms. The van der Waals surface area contributed by atoms with Crippen LogP contribution in [0.15, 0.2) is 259 Å². The number of anilines is 3. The molecule has 0 spiro atoms. The number of aromatic nitrogens is 1. The highest BCUT2D eigenvalue weighted by Crippen LogP contribution is 2.60. The van der Waals surface area contributed by atoms with Gasteiger partial charge in [0, 0.05) is 44.5 Å². The molecule has 0 saturated heterocycles. The van der Waals surface area contributed by atoms with E-state index in [1.807, 2.05) is 0 Å². The molecule has 2 heterocycles. The minimum Gasteiger partial charge on any atom is -0.459 e. The van der Waals surface area contributed by atoms with Crippen LogP contribution in [-0.2, 0) is 5.41 Å². The summed E-state index contributed by atoms with van der Waals surface area (Å²) in [4.78, 5) is 2.38. The topological polar surface area (TPSA) is 21.3 Å². The van der Waals surface area contributed by atoms with E-state index in [4.69, 9.17) is 4.42 Å². The SMILES string of the molecule is c1ccc(-c2ccc(-n3c4ccccc4c4cc(-c5ccc(N(c6ccccc6)c6ccc7c(c6)C(c6ccccc6)(c6ccccc6)c6oc8ccccc8c6-7)cc5)ccc43)cc2)cc1. The first-order valence-electron chi connectivity index (χ1n) is 22.7. The van der Waals surface area contributed by atoms with Crippen LogP contribution in [0.5, 0.6) is 0 Å². The van der Waals surface area contributed by atoms with E-state index in [-0.39, 0.29) is 0 Å². The van der Waals surface area contributed by atoms with Gasteiger partial charge in [-0.1, -0.05) is 182 Å². The predicted octanol–water partition coefficient (Wildman–Crippen LogP) is 16.7. The largest absolute Gasteiger partial charge is 0.459 e. The molecule has 0 radical (unpaired) electrons. The maximum absolute atomic E-state index is 7.02. The Morgan fingerprint density at radius 2 is 0.879 bits per heavy atom. The first kappa shape index (κ1) is 37.9. The zero-order chi connectivity index (χ0) is 43.6. The molecule has 0 atom stereocenters. The average Bonchev–Trinajstić information content (AvgIpc) is 4.03. The Morgan fingerprint density at radius 3 is 1.59 bits per heavy atom. The number of hydrogen-bond donors (Lipinski definition) is 0. The first-order valence-corrected chi connectivity index (χ1v) is 22.7. The van der Waals surface area contributed by atoms with Gasteiger partial charge < -0.3 is 13.9 Å². The number of fused-ring (bicyclic) bond motifs is 8. The molecule has 3 nitrogen and oxygen atoms in total. The summed E-state index contributed by atoms with van der Waals surface area (Å²) >= 11 is 0. The minimum atomic E-state index is -0.679. The van der Waals surface area contributed by atoms with Crippen LogP contribution in [0.3, 0.4) is 0 Å². The van der Waals surface area contributed by atoms with Crippen molar-refractivity contribution in [1.82, 2.24) is 4.57 Å². The second-order valence-corrected chi connectivity index (χ2v) is 17.2. The normalized spacial score (nSPS) is 12.7. The molecule has 0 unspecified atom stereocenters. The molecule has 13 rings (SSSR count). The second-order valence-electron chi connectivity index (χ2n) is 17.2. The van der Waals surface area contributed by atoms with Crippen molar-refractivity contribution in [3.05, 3.63) is 277 Å². The van der Waals surface area contributed by atoms with Crippen molar-refractivity contribution < 1.29 is 4.42 Å². The second kappa shape index (κ2) is 15.3. The van der Waals surface area contributed by atoms with Crippen molar-refractivity contribution in [3.8, 4) is 39.1 Å². The standard InChI is InChI=1S/C63H42N2O/c1-5-17-43(18-6-1)44-29-36-51(37-30-44)65-58-27-15-13-25-53(58)56-41-46(33-40-59(56)65)45-31-34-50(35-32-45)64(49-23-11-4-12-24-49)52-38-39-54-57(42-52)63(47-19-7-2-8-20-47,48-21-9-3-10-22-48)62-61(54)55-26-14-16-28-60(55)66-62/h1-42H. The Morgan fingerprint density at radius 1 is 0.364 bits per heavy atom. The Labute approximate surface area is 383 Å². The van der Waals surface area contributed by atoms with Crippen molar-refractivity contribution in [3.63, 3.8) is 0 Å². The predicted molar refractivity (Wildman–Crippen MR) is 273 cm³/mol. The summed E-state index contributed by atoms with van der Waals surface area (Å²) < 4.78 is 9.41. The lowest BCUT2D eigenvalue weighted by atomic mass is 9.70. The lowest BCUT2D eigenvalue weighted by Crippen LogP contribution is -2.28. The van der Waals surface area contributed by atoms with Gasteiger partial charge in [-0.3, -0.25) is 0 Å². The molecule has 12 aromatic rings. The summed E-state index contributed by atoms with van der Waals surface area (Å²) in [5, 5.41) is 3.60. The van der Waals surface area contributed by atoms with Crippen molar-refractivity contribution in [2.24, 2.45) is 0 Å². The van der Waals surface area contributed by atoms with Gasteiger partial charge in [0.1, 0.15) is 16.8 Å². The van der Waals surface area contributed by atoms with E-state index in [9.17, 15) is 0 Å². The first-order chi connectivity index (χ1) is 32.7. The molecule has 66 heavy (non-hydrogen) atoms. The molecule has 0 aliphatic heterocycles. The molecular formula is C63H42N2O.